The summed E-state index contributed by atoms with van der Waals surface area (Å²) in [4.78, 5) is 2.60. The van der Waals surface area contributed by atoms with Crippen LogP contribution in [0.25, 0.3) is 0 Å². The van der Waals surface area contributed by atoms with Crippen LogP contribution in [0.3, 0.4) is 0 Å². The van der Waals surface area contributed by atoms with Gasteiger partial charge in [0.1, 0.15) is 0 Å². The van der Waals surface area contributed by atoms with Gasteiger partial charge in [0.25, 0.3) is 0 Å². The molecule has 0 amide bonds. The highest BCUT2D eigenvalue weighted by Gasteiger charge is 2.24. The first kappa shape index (κ1) is 12.3. The van der Waals surface area contributed by atoms with Crippen molar-refractivity contribution in [3.05, 3.63) is 0 Å². The van der Waals surface area contributed by atoms with Crippen molar-refractivity contribution in [3.8, 4) is 0 Å². The number of hydrogen-bond donors (Lipinski definition) is 1. The van der Waals surface area contributed by atoms with Crippen molar-refractivity contribution >= 4 is 11.8 Å². The molecule has 0 radical (unpaired) electrons. The van der Waals surface area contributed by atoms with Gasteiger partial charge in [0.15, 0.2) is 0 Å². The Bertz CT molecular complexity index is 171. The summed E-state index contributed by atoms with van der Waals surface area (Å²) in [6.45, 7) is 11.7. The smallest absolute Gasteiger partial charge is 0.0227 e. The molecule has 0 aromatic carbocycles. The zero-order valence-corrected chi connectivity index (χ0v) is 10.8. The molecule has 0 bridgehead atoms. The van der Waals surface area contributed by atoms with Crippen molar-refractivity contribution in [2.75, 3.05) is 32.4 Å². The highest BCUT2D eigenvalue weighted by Crippen LogP contribution is 2.22. The maximum Gasteiger partial charge on any atom is 0.0227 e. The molecule has 0 aromatic rings. The molecule has 1 heterocycles. The van der Waals surface area contributed by atoms with E-state index in [9.17, 15) is 0 Å². The topological polar surface area (TPSA) is 15.3 Å². The van der Waals surface area contributed by atoms with E-state index in [4.69, 9.17) is 0 Å². The Morgan fingerprint density at radius 1 is 1.50 bits per heavy atom. The molecule has 1 fully saturated rings. The van der Waals surface area contributed by atoms with E-state index in [-0.39, 0.29) is 0 Å². The molecule has 0 spiro atoms. The Morgan fingerprint density at radius 2 is 2.21 bits per heavy atom. The summed E-state index contributed by atoms with van der Waals surface area (Å²) >= 11 is 1.97. The lowest BCUT2D eigenvalue weighted by atomic mass is 10.1. The van der Waals surface area contributed by atoms with E-state index in [0.29, 0.717) is 10.8 Å². The molecule has 0 aromatic heterocycles. The lowest BCUT2D eigenvalue weighted by molar-refractivity contribution is 0.186. The second-order valence-electron chi connectivity index (χ2n) is 4.76. The summed E-state index contributed by atoms with van der Waals surface area (Å²) in [5.74, 6) is 0. The van der Waals surface area contributed by atoms with E-state index >= 15 is 0 Å². The number of thioether (sulfide) groups is 1. The Balaban J connectivity index is 2.37. The summed E-state index contributed by atoms with van der Waals surface area (Å²) in [5, 5.41) is 3.55. The zero-order valence-electron chi connectivity index (χ0n) is 9.97. The number of rotatable bonds is 4. The average molecular weight is 216 g/mol. The molecule has 1 atom stereocenters. The van der Waals surface area contributed by atoms with Crippen LogP contribution in [0, 0.1) is 0 Å². The van der Waals surface area contributed by atoms with Crippen molar-refractivity contribution < 1.29 is 0 Å². The first-order valence-corrected chi connectivity index (χ1v) is 6.81. The number of nitrogens with one attached hydrogen (secondary N) is 1. The number of nitrogens with zero attached hydrogens (tertiary/aromatic N) is 1. The fourth-order valence-corrected chi connectivity index (χ4v) is 2.23. The van der Waals surface area contributed by atoms with E-state index in [2.05, 4.69) is 37.2 Å². The Morgan fingerprint density at radius 3 is 2.79 bits per heavy atom. The molecular weight excluding hydrogens is 192 g/mol. The predicted molar refractivity (Wildman–Crippen MR) is 66.1 cm³/mol. The van der Waals surface area contributed by atoms with Crippen LogP contribution in [0.4, 0.5) is 0 Å². The average Bonchev–Trinajstić information content (AvgIpc) is 2.17. The van der Waals surface area contributed by atoms with Crippen molar-refractivity contribution in [3.63, 3.8) is 0 Å². The van der Waals surface area contributed by atoms with Gasteiger partial charge in [-0.2, -0.15) is 11.8 Å². The standard InChI is InChI=1S/C11H24N2S/c1-5-10-8-13(7-6-12-10)9-11(2,3)14-4/h10,12H,5-9H2,1-4H3. The third kappa shape index (κ3) is 3.79. The molecule has 1 saturated heterocycles. The van der Waals surface area contributed by atoms with E-state index < -0.39 is 0 Å². The molecular formula is C11H24N2S. The van der Waals surface area contributed by atoms with E-state index in [0.717, 1.165) is 6.54 Å². The van der Waals surface area contributed by atoms with E-state index in [1.165, 1.54) is 26.1 Å². The van der Waals surface area contributed by atoms with Crippen LogP contribution in [-0.4, -0.2) is 48.1 Å². The molecule has 0 saturated carbocycles. The van der Waals surface area contributed by atoms with Gasteiger partial charge in [0, 0.05) is 37.0 Å². The van der Waals surface area contributed by atoms with Gasteiger partial charge in [-0.15, -0.1) is 0 Å². The van der Waals surface area contributed by atoms with E-state index in [1.807, 2.05) is 11.8 Å². The summed E-state index contributed by atoms with van der Waals surface area (Å²) in [6.07, 6.45) is 3.45. The maximum atomic E-state index is 3.55. The Hall–Kier alpha value is 0.270. The van der Waals surface area contributed by atoms with E-state index in [1.54, 1.807) is 0 Å². The molecule has 1 aliphatic heterocycles. The largest absolute Gasteiger partial charge is 0.311 e. The molecule has 3 heteroatoms. The third-order valence-electron chi connectivity index (χ3n) is 2.99. The van der Waals surface area contributed by atoms with Crippen molar-refractivity contribution in [1.82, 2.24) is 10.2 Å². The first-order valence-electron chi connectivity index (χ1n) is 5.58. The van der Waals surface area contributed by atoms with Crippen LogP contribution in [0.5, 0.6) is 0 Å². The molecule has 1 N–H and O–H groups in total. The van der Waals surface area contributed by atoms with Gasteiger partial charge in [-0.3, -0.25) is 4.90 Å². The Labute approximate surface area is 92.8 Å². The summed E-state index contributed by atoms with van der Waals surface area (Å²) < 4.78 is 0.398. The predicted octanol–water partition coefficient (Wildman–Crippen LogP) is 1.81. The van der Waals surface area contributed by atoms with Crippen LogP contribution in [0.1, 0.15) is 27.2 Å². The number of piperazine rings is 1. The van der Waals surface area contributed by atoms with Crippen molar-refractivity contribution in [2.45, 2.75) is 38.0 Å². The van der Waals surface area contributed by atoms with Gasteiger partial charge in [0.2, 0.25) is 0 Å². The summed E-state index contributed by atoms with van der Waals surface area (Å²) in [5.41, 5.74) is 0. The lowest BCUT2D eigenvalue weighted by Gasteiger charge is -2.37. The quantitative estimate of drug-likeness (QED) is 0.771. The number of hydrogen-bond acceptors (Lipinski definition) is 3. The van der Waals surface area contributed by atoms with Gasteiger partial charge < -0.3 is 5.32 Å². The van der Waals surface area contributed by atoms with Crippen molar-refractivity contribution in [1.29, 1.82) is 0 Å². The van der Waals surface area contributed by atoms with Crippen LogP contribution in [0.15, 0.2) is 0 Å². The van der Waals surface area contributed by atoms with Gasteiger partial charge >= 0.3 is 0 Å². The zero-order chi connectivity index (χ0) is 10.6. The maximum absolute atomic E-state index is 3.55. The highest BCUT2D eigenvalue weighted by molar-refractivity contribution is 7.99. The fourth-order valence-electron chi connectivity index (χ4n) is 1.91. The van der Waals surface area contributed by atoms with Crippen LogP contribution >= 0.6 is 11.8 Å². The summed E-state index contributed by atoms with van der Waals surface area (Å²) in [6, 6.07) is 0.710. The second-order valence-corrected chi connectivity index (χ2v) is 6.27. The molecule has 2 nitrogen and oxygen atoms in total. The molecule has 1 unspecified atom stereocenters. The molecule has 14 heavy (non-hydrogen) atoms. The fraction of sp³-hybridized carbons (Fsp3) is 1.00. The van der Waals surface area contributed by atoms with Crippen LogP contribution < -0.4 is 5.32 Å². The van der Waals surface area contributed by atoms with Gasteiger partial charge in [-0.1, -0.05) is 6.92 Å². The van der Waals surface area contributed by atoms with Crippen molar-refractivity contribution in [2.24, 2.45) is 0 Å². The Kier molecular flexibility index (Phi) is 4.74. The molecule has 84 valence electrons. The van der Waals surface area contributed by atoms with Gasteiger partial charge in [-0.25, -0.2) is 0 Å². The molecule has 1 aliphatic rings. The molecule has 0 aliphatic carbocycles. The SMILES string of the molecule is CCC1CN(CC(C)(C)SC)CCN1. The minimum Gasteiger partial charge on any atom is -0.311 e. The molecule has 1 rings (SSSR count). The van der Waals surface area contributed by atoms with Crippen LogP contribution in [-0.2, 0) is 0 Å². The van der Waals surface area contributed by atoms with Crippen LogP contribution in [0.2, 0.25) is 0 Å². The second kappa shape index (κ2) is 5.38. The minimum absolute atomic E-state index is 0.398. The normalized spacial score (nSPS) is 25.3. The summed E-state index contributed by atoms with van der Waals surface area (Å²) in [7, 11) is 0. The highest BCUT2D eigenvalue weighted by atomic mass is 32.2. The van der Waals surface area contributed by atoms with Gasteiger partial charge in [0.05, 0.1) is 0 Å². The van der Waals surface area contributed by atoms with Gasteiger partial charge in [-0.05, 0) is 26.5 Å². The monoisotopic (exact) mass is 216 g/mol. The lowest BCUT2D eigenvalue weighted by Crippen LogP contribution is -2.53. The first-order chi connectivity index (χ1) is 6.57. The minimum atomic E-state index is 0.398. The third-order valence-corrected chi connectivity index (χ3v) is 4.22.